The minimum absolute atomic E-state index is 0.0249. The molecule has 0 aliphatic rings. The van der Waals surface area contributed by atoms with Crippen LogP contribution in [0.5, 0.6) is 0 Å². The molecule has 0 aliphatic carbocycles. The van der Waals surface area contributed by atoms with Crippen molar-refractivity contribution in [1.29, 1.82) is 0 Å². The van der Waals surface area contributed by atoms with E-state index in [0.29, 0.717) is 5.69 Å². The molecule has 0 fully saturated rings. The van der Waals surface area contributed by atoms with Crippen LogP contribution in [0.25, 0.3) is 10.4 Å². The molecule has 1 rings (SSSR count). The lowest BCUT2D eigenvalue weighted by Crippen LogP contribution is -2.40. The highest BCUT2D eigenvalue weighted by atomic mass is 16.6. The van der Waals surface area contributed by atoms with Gasteiger partial charge in [0.1, 0.15) is 5.60 Å². The van der Waals surface area contributed by atoms with Crippen LogP contribution in [-0.4, -0.2) is 55.8 Å². The Hall–Kier alpha value is -2.81. The van der Waals surface area contributed by atoms with Crippen LogP contribution >= 0.6 is 0 Å². The van der Waals surface area contributed by atoms with E-state index in [-0.39, 0.29) is 32.6 Å². The molecule has 1 amide bonds. The molecule has 1 heterocycles. The summed E-state index contributed by atoms with van der Waals surface area (Å²) in [7, 11) is 0. The van der Waals surface area contributed by atoms with Crippen LogP contribution in [0.2, 0.25) is 0 Å². The minimum atomic E-state index is -1.00. The second kappa shape index (κ2) is 8.73. The number of carbonyl (C=O) groups is 2. The predicted molar refractivity (Wildman–Crippen MR) is 82.9 cm³/mol. The lowest BCUT2D eigenvalue weighted by atomic mass is 10.2. The molecule has 1 aromatic heterocycles. The third-order valence-electron chi connectivity index (χ3n) is 2.70. The average Bonchev–Trinajstić information content (AvgIpc) is 2.90. The Morgan fingerprint density at radius 2 is 2.17 bits per heavy atom. The van der Waals surface area contributed by atoms with E-state index < -0.39 is 17.7 Å². The fraction of sp³-hybridized carbons (Fsp3) is 0.692. The number of nitrogens with zero attached hydrogens (tertiary/aromatic N) is 7. The van der Waals surface area contributed by atoms with Crippen LogP contribution in [-0.2, 0) is 22.6 Å². The standard InChI is InChI=1S/C13H21N7O4/c1-13(2,3)24-12(23)19(5-4-11(21)22)6-7-20-16-9-10(17-20)8-15-18-14/h9H,4-8H2,1-3H3,(H,21,22). The molecule has 0 bridgehead atoms. The van der Waals surface area contributed by atoms with Crippen molar-refractivity contribution in [2.45, 2.75) is 45.9 Å². The normalized spacial score (nSPS) is 10.8. The number of hydrogen-bond acceptors (Lipinski definition) is 6. The summed E-state index contributed by atoms with van der Waals surface area (Å²) in [5, 5.41) is 20.3. The molecule has 1 N–H and O–H groups in total. The van der Waals surface area contributed by atoms with E-state index >= 15 is 0 Å². The summed E-state index contributed by atoms with van der Waals surface area (Å²) in [6.45, 7) is 5.77. The van der Waals surface area contributed by atoms with E-state index in [1.807, 2.05) is 0 Å². The van der Waals surface area contributed by atoms with Crippen molar-refractivity contribution in [3.63, 3.8) is 0 Å². The number of aromatic nitrogens is 3. The van der Waals surface area contributed by atoms with Gasteiger partial charge in [-0.3, -0.25) is 4.79 Å². The van der Waals surface area contributed by atoms with Crippen molar-refractivity contribution in [3.05, 3.63) is 22.3 Å². The van der Waals surface area contributed by atoms with Gasteiger partial charge >= 0.3 is 12.1 Å². The third kappa shape index (κ3) is 7.45. The number of aliphatic carboxylic acids is 1. The Morgan fingerprint density at radius 1 is 1.46 bits per heavy atom. The monoisotopic (exact) mass is 339 g/mol. The number of carboxylic acid groups (broad SMARTS) is 1. The predicted octanol–water partition coefficient (Wildman–Crippen LogP) is 1.80. The van der Waals surface area contributed by atoms with E-state index in [1.165, 1.54) is 15.9 Å². The molecule has 0 spiro atoms. The Labute approximate surface area is 138 Å². The van der Waals surface area contributed by atoms with Gasteiger partial charge in [0.05, 0.1) is 31.4 Å². The van der Waals surface area contributed by atoms with Gasteiger partial charge < -0.3 is 14.7 Å². The van der Waals surface area contributed by atoms with Gasteiger partial charge in [-0.1, -0.05) is 5.11 Å². The highest BCUT2D eigenvalue weighted by molar-refractivity contribution is 5.70. The molecular weight excluding hydrogens is 318 g/mol. The van der Waals surface area contributed by atoms with E-state index in [2.05, 4.69) is 20.2 Å². The number of carboxylic acids is 1. The summed E-state index contributed by atoms with van der Waals surface area (Å²) in [4.78, 5) is 28.2. The number of hydrogen-bond donors (Lipinski definition) is 1. The van der Waals surface area contributed by atoms with Crippen LogP contribution in [0.1, 0.15) is 32.9 Å². The summed E-state index contributed by atoms with van der Waals surface area (Å²) in [6, 6.07) is 0. The largest absolute Gasteiger partial charge is 0.481 e. The molecule has 0 radical (unpaired) electrons. The summed E-state index contributed by atoms with van der Waals surface area (Å²) in [6.07, 6.45) is 0.683. The van der Waals surface area contributed by atoms with Gasteiger partial charge in [0.2, 0.25) is 0 Å². The van der Waals surface area contributed by atoms with Gasteiger partial charge in [-0.05, 0) is 26.3 Å². The van der Waals surface area contributed by atoms with Crippen molar-refractivity contribution < 1.29 is 19.4 Å². The smallest absolute Gasteiger partial charge is 0.410 e. The second-order valence-corrected chi connectivity index (χ2v) is 5.93. The topological polar surface area (TPSA) is 146 Å². The van der Waals surface area contributed by atoms with Crippen LogP contribution < -0.4 is 0 Å². The quantitative estimate of drug-likeness (QED) is 0.434. The maximum absolute atomic E-state index is 12.1. The number of carbonyl (C=O) groups excluding carboxylic acids is 1. The van der Waals surface area contributed by atoms with Crippen LogP contribution in [0.4, 0.5) is 4.79 Å². The molecule has 0 saturated carbocycles. The van der Waals surface area contributed by atoms with Gasteiger partial charge in [0.25, 0.3) is 0 Å². The van der Waals surface area contributed by atoms with E-state index in [0.717, 1.165) is 0 Å². The van der Waals surface area contributed by atoms with Crippen molar-refractivity contribution in [2.24, 2.45) is 5.11 Å². The fourth-order valence-corrected chi connectivity index (χ4v) is 1.68. The molecule has 24 heavy (non-hydrogen) atoms. The molecule has 132 valence electrons. The highest BCUT2D eigenvalue weighted by Crippen LogP contribution is 2.10. The van der Waals surface area contributed by atoms with Crippen molar-refractivity contribution in [3.8, 4) is 0 Å². The van der Waals surface area contributed by atoms with E-state index in [4.69, 9.17) is 15.4 Å². The Bertz CT molecular complexity index is 616. The number of azide groups is 1. The van der Waals surface area contributed by atoms with Crippen LogP contribution in [0.3, 0.4) is 0 Å². The average molecular weight is 339 g/mol. The van der Waals surface area contributed by atoms with E-state index in [9.17, 15) is 9.59 Å². The van der Waals surface area contributed by atoms with Gasteiger partial charge in [-0.15, -0.1) is 0 Å². The molecule has 11 heteroatoms. The first-order valence-corrected chi connectivity index (χ1v) is 7.31. The van der Waals surface area contributed by atoms with Crippen molar-refractivity contribution in [2.75, 3.05) is 13.1 Å². The summed E-state index contributed by atoms with van der Waals surface area (Å²) in [5.74, 6) is -1.00. The zero-order chi connectivity index (χ0) is 18.2. The molecule has 0 aliphatic heterocycles. The van der Waals surface area contributed by atoms with Crippen LogP contribution in [0.15, 0.2) is 11.3 Å². The van der Waals surface area contributed by atoms with Gasteiger partial charge in [-0.2, -0.15) is 15.0 Å². The zero-order valence-corrected chi connectivity index (χ0v) is 13.9. The third-order valence-corrected chi connectivity index (χ3v) is 2.70. The number of ether oxygens (including phenoxy) is 1. The molecule has 1 aromatic rings. The lowest BCUT2D eigenvalue weighted by molar-refractivity contribution is -0.137. The van der Waals surface area contributed by atoms with E-state index in [1.54, 1.807) is 20.8 Å². The number of rotatable bonds is 8. The van der Waals surface area contributed by atoms with Crippen molar-refractivity contribution >= 4 is 12.1 Å². The molecule has 11 nitrogen and oxygen atoms in total. The maximum atomic E-state index is 12.1. The minimum Gasteiger partial charge on any atom is -0.481 e. The Kier molecular flexibility index (Phi) is 6.99. The first-order valence-electron chi connectivity index (χ1n) is 7.31. The Balaban J connectivity index is 2.66. The fourth-order valence-electron chi connectivity index (χ4n) is 1.68. The van der Waals surface area contributed by atoms with Crippen molar-refractivity contribution in [1.82, 2.24) is 19.9 Å². The summed E-state index contributed by atoms with van der Waals surface area (Å²) < 4.78 is 5.27. The molecule has 0 aromatic carbocycles. The second-order valence-electron chi connectivity index (χ2n) is 5.93. The first-order chi connectivity index (χ1) is 11.2. The molecular formula is C13H21N7O4. The summed E-state index contributed by atoms with van der Waals surface area (Å²) >= 11 is 0. The van der Waals surface area contributed by atoms with Gasteiger partial charge in [0.15, 0.2) is 0 Å². The Morgan fingerprint density at radius 3 is 2.75 bits per heavy atom. The molecule has 0 atom stereocenters. The highest BCUT2D eigenvalue weighted by Gasteiger charge is 2.22. The van der Waals surface area contributed by atoms with Crippen LogP contribution in [0, 0.1) is 0 Å². The first kappa shape index (κ1) is 19.2. The molecule has 0 saturated heterocycles. The molecule has 0 unspecified atom stereocenters. The SMILES string of the molecule is CC(C)(C)OC(=O)N(CCC(=O)O)CCn1ncc(CN=[N+]=[N-])n1. The number of amides is 1. The van der Waals surface area contributed by atoms with Gasteiger partial charge in [0, 0.05) is 18.0 Å². The zero-order valence-electron chi connectivity index (χ0n) is 13.9. The maximum Gasteiger partial charge on any atom is 0.410 e. The lowest BCUT2D eigenvalue weighted by Gasteiger charge is -2.26. The van der Waals surface area contributed by atoms with Gasteiger partial charge in [-0.25, -0.2) is 4.79 Å². The summed E-state index contributed by atoms with van der Waals surface area (Å²) in [5.41, 5.74) is 8.09.